The van der Waals surface area contributed by atoms with Gasteiger partial charge in [0.05, 0.1) is 11.6 Å². The quantitative estimate of drug-likeness (QED) is 0.861. The zero-order valence-electron chi connectivity index (χ0n) is 14.1. The predicted octanol–water partition coefficient (Wildman–Crippen LogP) is 2.48. The zero-order chi connectivity index (χ0) is 15.9. The van der Waals surface area contributed by atoms with Crippen LogP contribution in [0.15, 0.2) is 4.52 Å². The van der Waals surface area contributed by atoms with Crippen LogP contribution in [0.25, 0.3) is 0 Å². The third kappa shape index (κ3) is 2.56. The molecule has 2 saturated heterocycles. The highest BCUT2D eigenvalue weighted by Gasteiger charge is 2.40. The molecule has 22 heavy (non-hydrogen) atoms. The Morgan fingerprint density at radius 3 is 2.50 bits per heavy atom. The van der Waals surface area contributed by atoms with Crippen molar-refractivity contribution in [2.24, 2.45) is 0 Å². The van der Waals surface area contributed by atoms with Crippen molar-refractivity contribution in [2.45, 2.75) is 64.5 Å². The highest BCUT2D eigenvalue weighted by Crippen LogP contribution is 2.33. The first-order chi connectivity index (χ1) is 10.5. The van der Waals surface area contributed by atoms with Crippen LogP contribution >= 0.6 is 0 Å². The number of amides is 1. The van der Waals surface area contributed by atoms with E-state index in [1.165, 1.54) is 12.8 Å². The molecule has 3 heterocycles. The van der Waals surface area contributed by atoms with Crippen molar-refractivity contribution in [2.75, 3.05) is 20.1 Å². The van der Waals surface area contributed by atoms with Crippen molar-refractivity contribution < 1.29 is 9.32 Å². The Kier molecular flexibility index (Phi) is 4.26. The lowest BCUT2D eigenvalue weighted by Gasteiger charge is -2.34. The van der Waals surface area contributed by atoms with E-state index in [-0.39, 0.29) is 11.8 Å². The number of rotatable bonds is 3. The zero-order valence-corrected chi connectivity index (χ0v) is 14.1. The molecule has 2 fully saturated rings. The molecule has 3 atom stereocenters. The lowest BCUT2D eigenvalue weighted by molar-refractivity contribution is -0.134. The molecule has 0 N–H and O–H groups in total. The SMILES string of the molecule is Cc1noc(C)c1[C@H](C)C(=O)N1CCC[C@H]1[C@H]1CCCN1C. The number of carbonyl (C=O) groups excluding carboxylic acids is 1. The minimum Gasteiger partial charge on any atom is -0.361 e. The summed E-state index contributed by atoms with van der Waals surface area (Å²) >= 11 is 0. The maximum Gasteiger partial charge on any atom is 0.230 e. The number of aryl methyl sites for hydroxylation is 2. The molecule has 0 radical (unpaired) electrons. The first-order valence-corrected chi connectivity index (χ1v) is 8.44. The fraction of sp³-hybridized carbons (Fsp3) is 0.765. The van der Waals surface area contributed by atoms with E-state index >= 15 is 0 Å². The van der Waals surface area contributed by atoms with Crippen LogP contribution in [0, 0.1) is 13.8 Å². The van der Waals surface area contributed by atoms with Crippen molar-refractivity contribution in [1.82, 2.24) is 15.0 Å². The minimum absolute atomic E-state index is 0.168. The van der Waals surface area contributed by atoms with E-state index < -0.39 is 0 Å². The van der Waals surface area contributed by atoms with Gasteiger partial charge in [-0.2, -0.15) is 0 Å². The van der Waals surface area contributed by atoms with Gasteiger partial charge in [-0.05, 0) is 60.0 Å². The van der Waals surface area contributed by atoms with E-state index in [9.17, 15) is 4.79 Å². The molecule has 3 rings (SSSR count). The van der Waals surface area contributed by atoms with Crippen LogP contribution < -0.4 is 0 Å². The number of carbonyl (C=O) groups is 1. The van der Waals surface area contributed by atoms with Gasteiger partial charge in [-0.3, -0.25) is 4.79 Å². The average Bonchev–Trinajstić information content (AvgIpc) is 3.18. The predicted molar refractivity (Wildman–Crippen MR) is 84.8 cm³/mol. The summed E-state index contributed by atoms with van der Waals surface area (Å²) in [7, 11) is 2.19. The van der Waals surface area contributed by atoms with Gasteiger partial charge < -0.3 is 14.3 Å². The third-order valence-electron chi connectivity index (χ3n) is 5.50. The molecular weight excluding hydrogens is 278 g/mol. The Morgan fingerprint density at radius 2 is 1.91 bits per heavy atom. The molecule has 0 spiro atoms. The fourth-order valence-corrected chi connectivity index (χ4v) is 4.37. The first kappa shape index (κ1) is 15.5. The van der Waals surface area contributed by atoms with Gasteiger partial charge in [0, 0.05) is 24.2 Å². The van der Waals surface area contributed by atoms with Crippen molar-refractivity contribution in [3.05, 3.63) is 17.0 Å². The molecule has 0 unspecified atom stereocenters. The molecule has 0 saturated carbocycles. The number of hydrogen-bond donors (Lipinski definition) is 0. The second-order valence-electron chi connectivity index (χ2n) is 6.89. The van der Waals surface area contributed by atoms with Crippen LogP contribution in [-0.4, -0.2) is 53.1 Å². The van der Waals surface area contributed by atoms with E-state index in [1.807, 2.05) is 20.8 Å². The van der Waals surface area contributed by atoms with Crippen LogP contribution in [0.5, 0.6) is 0 Å². The summed E-state index contributed by atoms with van der Waals surface area (Å²) in [6.07, 6.45) is 4.72. The molecule has 2 aliphatic rings. The molecule has 0 aliphatic carbocycles. The smallest absolute Gasteiger partial charge is 0.230 e. The maximum atomic E-state index is 13.1. The Bertz CT molecular complexity index is 535. The van der Waals surface area contributed by atoms with Crippen LogP contribution in [0.4, 0.5) is 0 Å². The second-order valence-corrected chi connectivity index (χ2v) is 6.89. The number of aromatic nitrogens is 1. The molecule has 122 valence electrons. The van der Waals surface area contributed by atoms with Crippen molar-refractivity contribution in [1.29, 1.82) is 0 Å². The summed E-state index contributed by atoms with van der Waals surface area (Å²) in [6.45, 7) is 7.85. The Balaban J connectivity index is 1.79. The van der Waals surface area contributed by atoms with Gasteiger partial charge in [-0.15, -0.1) is 0 Å². The number of hydrogen-bond acceptors (Lipinski definition) is 4. The van der Waals surface area contributed by atoms with Crippen LogP contribution in [-0.2, 0) is 4.79 Å². The van der Waals surface area contributed by atoms with Gasteiger partial charge in [0.1, 0.15) is 5.76 Å². The van der Waals surface area contributed by atoms with Crippen LogP contribution in [0.3, 0.4) is 0 Å². The average molecular weight is 305 g/mol. The van der Waals surface area contributed by atoms with E-state index in [2.05, 4.69) is 22.0 Å². The molecule has 1 amide bonds. The minimum atomic E-state index is -0.168. The van der Waals surface area contributed by atoms with E-state index in [4.69, 9.17) is 4.52 Å². The summed E-state index contributed by atoms with van der Waals surface area (Å²) < 4.78 is 5.24. The Morgan fingerprint density at radius 1 is 1.23 bits per heavy atom. The molecule has 0 aromatic carbocycles. The summed E-state index contributed by atoms with van der Waals surface area (Å²) in [4.78, 5) is 17.6. The monoisotopic (exact) mass is 305 g/mol. The summed E-state index contributed by atoms with van der Waals surface area (Å²) in [5.41, 5.74) is 1.81. The Hall–Kier alpha value is -1.36. The lowest BCUT2D eigenvalue weighted by atomic mass is 9.96. The number of likely N-dealkylation sites (N-methyl/N-ethyl adjacent to an activating group) is 1. The first-order valence-electron chi connectivity index (χ1n) is 8.44. The molecule has 1 aromatic rings. The van der Waals surface area contributed by atoms with Gasteiger partial charge in [-0.25, -0.2) is 0 Å². The molecular formula is C17H27N3O2. The Labute approximate surface area is 132 Å². The number of likely N-dealkylation sites (tertiary alicyclic amines) is 2. The summed E-state index contributed by atoms with van der Waals surface area (Å²) in [5.74, 6) is 0.836. The van der Waals surface area contributed by atoms with Gasteiger partial charge in [0.2, 0.25) is 5.91 Å². The van der Waals surface area contributed by atoms with Crippen molar-refractivity contribution in [3.8, 4) is 0 Å². The normalized spacial score (nSPS) is 27.5. The van der Waals surface area contributed by atoms with Crippen LogP contribution in [0.1, 0.15) is 55.5 Å². The largest absolute Gasteiger partial charge is 0.361 e. The standard InChI is InChI=1S/C17H27N3O2/c1-11(16-12(2)18-22-13(16)3)17(21)20-10-6-8-15(20)14-7-5-9-19(14)4/h11,14-15H,5-10H2,1-4H3/t11-,14+,15-/m0/s1. The van der Waals surface area contributed by atoms with Gasteiger partial charge >= 0.3 is 0 Å². The van der Waals surface area contributed by atoms with E-state index in [1.54, 1.807) is 0 Å². The summed E-state index contributed by atoms with van der Waals surface area (Å²) in [5, 5.41) is 4.00. The molecule has 0 bridgehead atoms. The van der Waals surface area contributed by atoms with Crippen LogP contribution in [0.2, 0.25) is 0 Å². The topological polar surface area (TPSA) is 49.6 Å². The highest BCUT2D eigenvalue weighted by molar-refractivity contribution is 5.84. The fourth-order valence-electron chi connectivity index (χ4n) is 4.37. The molecule has 5 nitrogen and oxygen atoms in total. The van der Waals surface area contributed by atoms with Gasteiger partial charge in [0.25, 0.3) is 0 Å². The maximum absolute atomic E-state index is 13.1. The second kappa shape index (κ2) is 6.03. The third-order valence-corrected chi connectivity index (χ3v) is 5.50. The molecule has 1 aromatic heterocycles. The molecule has 2 aliphatic heterocycles. The van der Waals surface area contributed by atoms with E-state index in [0.29, 0.717) is 12.1 Å². The highest BCUT2D eigenvalue weighted by atomic mass is 16.5. The number of nitrogens with zero attached hydrogens (tertiary/aromatic N) is 3. The summed E-state index contributed by atoms with van der Waals surface area (Å²) in [6, 6.07) is 0.909. The molecule has 5 heteroatoms. The van der Waals surface area contributed by atoms with Gasteiger partial charge in [0.15, 0.2) is 0 Å². The van der Waals surface area contributed by atoms with E-state index in [0.717, 1.165) is 42.9 Å². The van der Waals surface area contributed by atoms with Crippen molar-refractivity contribution >= 4 is 5.91 Å². The van der Waals surface area contributed by atoms with Gasteiger partial charge in [-0.1, -0.05) is 5.16 Å². The lowest BCUT2D eigenvalue weighted by Crippen LogP contribution is -2.48. The van der Waals surface area contributed by atoms with Crippen molar-refractivity contribution in [3.63, 3.8) is 0 Å².